The molecule has 1 aliphatic rings. The molecule has 2 aromatic rings. The smallest absolute Gasteiger partial charge is 0.224 e. The number of rotatable bonds is 6. The second-order valence-corrected chi connectivity index (χ2v) is 6.84. The quantitative estimate of drug-likeness (QED) is 0.853. The van der Waals surface area contributed by atoms with Gasteiger partial charge in [-0.15, -0.1) is 0 Å². The van der Waals surface area contributed by atoms with Crippen LogP contribution >= 0.6 is 11.6 Å². The van der Waals surface area contributed by atoms with E-state index in [2.05, 4.69) is 29.8 Å². The molecule has 1 amide bonds. The molecule has 122 valence electrons. The SMILES string of the molecule is Cc1cc(CCNC(=O)Cc2ccc(Cl)cc2)c(C)n1C1CC1. The third-order valence-electron chi connectivity index (χ3n) is 4.50. The number of carbonyl (C=O) groups excluding carboxylic acids is 1. The highest BCUT2D eigenvalue weighted by atomic mass is 35.5. The second kappa shape index (κ2) is 6.79. The Balaban J connectivity index is 1.50. The first-order chi connectivity index (χ1) is 11.0. The van der Waals surface area contributed by atoms with Crippen LogP contribution in [0.5, 0.6) is 0 Å². The molecule has 0 radical (unpaired) electrons. The molecule has 3 nitrogen and oxygen atoms in total. The van der Waals surface area contributed by atoms with E-state index in [-0.39, 0.29) is 5.91 Å². The molecule has 0 aliphatic heterocycles. The number of aryl methyl sites for hydroxylation is 1. The number of nitrogens with one attached hydrogen (secondary N) is 1. The van der Waals surface area contributed by atoms with Crippen LogP contribution in [0.2, 0.25) is 5.02 Å². The largest absolute Gasteiger partial charge is 0.355 e. The van der Waals surface area contributed by atoms with Crippen LogP contribution in [0.25, 0.3) is 0 Å². The first-order valence-electron chi connectivity index (χ1n) is 8.23. The molecule has 4 heteroatoms. The van der Waals surface area contributed by atoms with Gasteiger partial charge in [0.15, 0.2) is 0 Å². The van der Waals surface area contributed by atoms with Gasteiger partial charge in [0.25, 0.3) is 0 Å². The monoisotopic (exact) mass is 330 g/mol. The van der Waals surface area contributed by atoms with E-state index in [0.29, 0.717) is 24.0 Å². The normalized spacial score (nSPS) is 14.0. The lowest BCUT2D eigenvalue weighted by atomic mass is 10.1. The molecule has 0 saturated heterocycles. The number of halogens is 1. The maximum atomic E-state index is 12.0. The molecular formula is C19H23ClN2O. The fourth-order valence-corrected chi connectivity index (χ4v) is 3.31. The van der Waals surface area contributed by atoms with Crippen LogP contribution in [0.1, 0.15) is 41.4 Å². The van der Waals surface area contributed by atoms with Gasteiger partial charge in [-0.1, -0.05) is 23.7 Å². The molecule has 0 bridgehead atoms. The van der Waals surface area contributed by atoms with Crippen molar-refractivity contribution in [1.82, 2.24) is 9.88 Å². The van der Waals surface area contributed by atoms with Crippen molar-refractivity contribution in [2.45, 2.75) is 45.6 Å². The number of hydrogen-bond acceptors (Lipinski definition) is 1. The van der Waals surface area contributed by atoms with Crippen molar-refractivity contribution in [2.24, 2.45) is 0 Å². The first-order valence-corrected chi connectivity index (χ1v) is 8.61. The van der Waals surface area contributed by atoms with Gasteiger partial charge < -0.3 is 9.88 Å². The van der Waals surface area contributed by atoms with Crippen LogP contribution in [0.3, 0.4) is 0 Å². The third kappa shape index (κ3) is 3.97. The Kier molecular flexibility index (Phi) is 4.76. The van der Waals surface area contributed by atoms with E-state index < -0.39 is 0 Å². The molecule has 1 aromatic heterocycles. The summed E-state index contributed by atoms with van der Waals surface area (Å²) in [6, 6.07) is 10.4. The lowest BCUT2D eigenvalue weighted by Crippen LogP contribution is -2.27. The highest BCUT2D eigenvalue weighted by molar-refractivity contribution is 6.30. The fourth-order valence-electron chi connectivity index (χ4n) is 3.18. The molecule has 1 aromatic carbocycles. The summed E-state index contributed by atoms with van der Waals surface area (Å²) in [7, 11) is 0. The first kappa shape index (κ1) is 16.1. The highest BCUT2D eigenvalue weighted by Gasteiger charge is 2.26. The highest BCUT2D eigenvalue weighted by Crippen LogP contribution is 2.38. The maximum absolute atomic E-state index is 12.0. The van der Waals surface area contributed by atoms with Crippen LogP contribution in [-0.4, -0.2) is 17.0 Å². The molecule has 1 saturated carbocycles. The molecular weight excluding hydrogens is 308 g/mol. The van der Waals surface area contributed by atoms with Crippen LogP contribution in [0, 0.1) is 13.8 Å². The number of amides is 1. The lowest BCUT2D eigenvalue weighted by Gasteiger charge is -2.08. The molecule has 1 fully saturated rings. The van der Waals surface area contributed by atoms with Crippen LogP contribution in [-0.2, 0) is 17.6 Å². The van der Waals surface area contributed by atoms with E-state index in [9.17, 15) is 4.79 Å². The average molecular weight is 331 g/mol. The van der Waals surface area contributed by atoms with Crippen LogP contribution in [0.4, 0.5) is 0 Å². The van der Waals surface area contributed by atoms with Gasteiger partial charge in [0, 0.05) is 29.0 Å². The standard InChI is InChI=1S/C19H23ClN2O/c1-13-11-16(14(2)22(13)18-7-8-18)9-10-21-19(23)12-15-3-5-17(20)6-4-15/h3-6,11,18H,7-10,12H2,1-2H3,(H,21,23). The molecule has 0 atom stereocenters. The van der Waals surface area contributed by atoms with Gasteiger partial charge in [-0.05, 0) is 62.4 Å². The van der Waals surface area contributed by atoms with Crippen LogP contribution in [0.15, 0.2) is 30.3 Å². The van der Waals surface area contributed by atoms with Gasteiger partial charge in [-0.25, -0.2) is 0 Å². The van der Waals surface area contributed by atoms with Crippen molar-refractivity contribution in [3.63, 3.8) is 0 Å². The summed E-state index contributed by atoms with van der Waals surface area (Å²) in [5.74, 6) is 0.0586. The van der Waals surface area contributed by atoms with Gasteiger partial charge in [-0.2, -0.15) is 0 Å². The van der Waals surface area contributed by atoms with E-state index in [1.165, 1.54) is 29.8 Å². The van der Waals surface area contributed by atoms with Crippen molar-refractivity contribution in [3.05, 3.63) is 57.9 Å². The van der Waals surface area contributed by atoms with E-state index in [1.807, 2.05) is 24.3 Å². The number of nitrogens with zero attached hydrogens (tertiary/aromatic N) is 1. The molecule has 1 aliphatic carbocycles. The summed E-state index contributed by atoms with van der Waals surface area (Å²) in [4.78, 5) is 12.0. The minimum atomic E-state index is 0.0586. The Morgan fingerprint density at radius 2 is 1.96 bits per heavy atom. The van der Waals surface area contributed by atoms with E-state index >= 15 is 0 Å². The summed E-state index contributed by atoms with van der Waals surface area (Å²) in [5.41, 5.74) is 5.03. The fraction of sp³-hybridized carbons (Fsp3) is 0.421. The Hall–Kier alpha value is -1.74. The van der Waals surface area contributed by atoms with E-state index in [1.54, 1.807) is 0 Å². The average Bonchev–Trinajstić information content (AvgIpc) is 3.29. The summed E-state index contributed by atoms with van der Waals surface area (Å²) in [5, 5.41) is 3.71. The summed E-state index contributed by atoms with van der Waals surface area (Å²) < 4.78 is 2.45. The zero-order chi connectivity index (χ0) is 16.4. The lowest BCUT2D eigenvalue weighted by molar-refractivity contribution is -0.120. The van der Waals surface area contributed by atoms with Gasteiger partial charge in [0.05, 0.1) is 6.42 Å². The zero-order valence-electron chi connectivity index (χ0n) is 13.7. The number of benzene rings is 1. The maximum Gasteiger partial charge on any atom is 0.224 e. The zero-order valence-corrected chi connectivity index (χ0v) is 14.5. The molecule has 3 rings (SSSR count). The number of hydrogen-bond donors (Lipinski definition) is 1. The summed E-state index contributed by atoms with van der Waals surface area (Å²) >= 11 is 5.85. The minimum Gasteiger partial charge on any atom is -0.355 e. The second-order valence-electron chi connectivity index (χ2n) is 6.40. The van der Waals surface area contributed by atoms with E-state index in [0.717, 1.165) is 12.0 Å². The molecule has 23 heavy (non-hydrogen) atoms. The van der Waals surface area contributed by atoms with Gasteiger partial charge in [-0.3, -0.25) is 4.79 Å². The summed E-state index contributed by atoms with van der Waals surface area (Å²) in [6.07, 6.45) is 3.89. The Morgan fingerprint density at radius 1 is 1.26 bits per heavy atom. The Bertz CT molecular complexity index is 699. The van der Waals surface area contributed by atoms with E-state index in [4.69, 9.17) is 11.6 Å². The van der Waals surface area contributed by atoms with Crippen LogP contribution < -0.4 is 5.32 Å². The minimum absolute atomic E-state index is 0.0586. The molecule has 0 spiro atoms. The van der Waals surface area contributed by atoms with Crippen molar-refractivity contribution in [1.29, 1.82) is 0 Å². The van der Waals surface area contributed by atoms with Crippen molar-refractivity contribution in [2.75, 3.05) is 6.54 Å². The Labute approximate surface area is 142 Å². The third-order valence-corrected chi connectivity index (χ3v) is 4.75. The predicted octanol–water partition coefficient (Wildman–Crippen LogP) is 3.99. The van der Waals surface area contributed by atoms with Crippen molar-refractivity contribution >= 4 is 17.5 Å². The predicted molar refractivity (Wildman–Crippen MR) is 94.0 cm³/mol. The van der Waals surface area contributed by atoms with Gasteiger partial charge in [0.1, 0.15) is 0 Å². The number of carbonyl (C=O) groups is 1. The van der Waals surface area contributed by atoms with Gasteiger partial charge >= 0.3 is 0 Å². The Morgan fingerprint density at radius 3 is 2.61 bits per heavy atom. The van der Waals surface area contributed by atoms with Gasteiger partial charge in [0.2, 0.25) is 5.91 Å². The van der Waals surface area contributed by atoms with Crippen molar-refractivity contribution in [3.8, 4) is 0 Å². The topological polar surface area (TPSA) is 34.0 Å². The number of aromatic nitrogens is 1. The summed E-state index contributed by atoms with van der Waals surface area (Å²) in [6.45, 7) is 5.05. The molecule has 0 unspecified atom stereocenters. The van der Waals surface area contributed by atoms with Crippen molar-refractivity contribution < 1.29 is 4.79 Å². The molecule has 1 N–H and O–H groups in total. The molecule has 1 heterocycles.